The molecule has 0 unspecified atom stereocenters. The lowest BCUT2D eigenvalue weighted by molar-refractivity contribution is -0.137. The van der Waals surface area contributed by atoms with Crippen LogP contribution in [0.5, 0.6) is 0 Å². The third-order valence-electron chi connectivity index (χ3n) is 3.48. The smallest absolute Gasteiger partial charge is 0.416 e. The zero-order valence-corrected chi connectivity index (χ0v) is 12.8. The van der Waals surface area contributed by atoms with E-state index in [9.17, 15) is 13.2 Å². The molecule has 0 fully saturated rings. The molecule has 1 aromatic heterocycles. The molecule has 3 aromatic rings. The third kappa shape index (κ3) is 3.56. The third-order valence-corrected chi connectivity index (χ3v) is 3.48. The Balaban J connectivity index is 1.71. The first kappa shape index (κ1) is 16.0. The van der Waals surface area contributed by atoms with Gasteiger partial charge in [0, 0.05) is 11.3 Å². The molecule has 0 aliphatic rings. The highest BCUT2D eigenvalue weighted by Crippen LogP contribution is 2.30. The van der Waals surface area contributed by atoms with Gasteiger partial charge in [0.1, 0.15) is 0 Å². The second kappa shape index (κ2) is 6.35. The predicted molar refractivity (Wildman–Crippen MR) is 83.2 cm³/mol. The summed E-state index contributed by atoms with van der Waals surface area (Å²) in [6, 6.07) is 12.5. The van der Waals surface area contributed by atoms with Crippen LogP contribution in [0.1, 0.15) is 17.0 Å². The minimum atomic E-state index is -4.37. The summed E-state index contributed by atoms with van der Waals surface area (Å²) < 4.78 is 43.6. The average Bonchev–Trinajstić information content (AvgIpc) is 3.02. The maximum atomic E-state index is 12.7. The quantitative estimate of drug-likeness (QED) is 0.753. The van der Waals surface area contributed by atoms with Crippen LogP contribution in [-0.4, -0.2) is 10.2 Å². The number of rotatable bonds is 4. The van der Waals surface area contributed by atoms with E-state index < -0.39 is 11.7 Å². The Hall–Kier alpha value is -2.83. The van der Waals surface area contributed by atoms with Crippen LogP contribution in [0.4, 0.5) is 18.9 Å². The SMILES string of the molecule is Cc1ccccc1-c1nnc(CNc2cccc(C(F)(F)F)c2)o1. The first-order valence-electron chi connectivity index (χ1n) is 7.23. The Bertz CT molecular complexity index is 843. The first-order chi connectivity index (χ1) is 11.4. The summed E-state index contributed by atoms with van der Waals surface area (Å²) in [5, 5.41) is 10.8. The second-order valence-electron chi connectivity index (χ2n) is 5.25. The van der Waals surface area contributed by atoms with Crippen molar-refractivity contribution >= 4 is 5.69 Å². The number of halogens is 3. The van der Waals surface area contributed by atoms with E-state index in [4.69, 9.17) is 4.42 Å². The zero-order chi connectivity index (χ0) is 17.2. The number of benzene rings is 2. The van der Waals surface area contributed by atoms with Crippen molar-refractivity contribution in [2.45, 2.75) is 19.6 Å². The normalized spacial score (nSPS) is 11.5. The van der Waals surface area contributed by atoms with Crippen molar-refractivity contribution in [2.24, 2.45) is 0 Å². The lowest BCUT2D eigenvalue weighted by Crippen LogP contribution is -2.06. The number of aryl methyl sites for hydroxylation is 1. The Morgan fingerprint density at radius 3 is 2.58 bits per heavy atom. The van der Waals surface area contributed by atoms with Crippen LogP contribution >= 0.6 is 0 Å². The number of nitrogens with zero attached hydrogens (tertiary/aromatic N) is 2. The van der Waals surface area contributed by atoms with E-state index in [1.807, 2.05) is 31.2 Å². The van der Waals surface area contributed by atoms with Crippen molar-refractivity contribution in [1.29, 1.82) is 0 Å². The molecule has 0 radical (unpaired) electrons. The highest BCUT2D eigenvalue weighted by Gasteiger charge is 2.30. The molecule has 4 nitrogen and oxygen atoms in total. The summed E-state index contributed by atoms with van der Waals surface area (Å²) in [4.78, 5) is 0. The van der Waals surface area contributed by atoms with Gasteiger partial charge >= 0.3 is 6.18 Å². The maximum Gasteiger partial charge on any atom is 0.416 e. The fraction of sp³-hybridized carbons (Fsp3) is 0.176. The van der Waals surface area contributed by atoms with Crippen LogP contribution in [0, 0.1) is 6.92 Å². The van der Waals surface area contributed by atoms with Gasteiger partial charge in [0.05, 0.1) is 12.1 Å². The van der Waals surface area contributed by atoms with Crippen LogP contribution in [0.2, 0.25) is 0 Å². The van der Waals surface area contributed by atoms with Crippen LogP contribution in [0.15, 0.2) is 52.9 Å². The van der Waals surface area contributed by atoms with Gasteiger partial charge < -0.3 is 9.73 Å². The van der Waals surface area contributed by atoms with Crippen molar-refractivity contribution < 1.29 is 17.6 Å². The molecule has 0 amide bonds. The van der Waals surface area contributed by atoms with Crippen molar-refractivity contribution in [3.05, 3.63) is 65.5 Å². The molecular formula is C17H14F3N3O. The second-order valence-corrected chi connectivity index (χ2v) is 5.25. The maximum absolute atomic E-state index is 12.7. The average molecular weight is 333 g/mol. The predicted octanol–water partition coefficient (Wildman–Crippen LogP) is 4.68. The van der Waals surface area contributed by atoms with Crippen LogP contribution in [0.25, 0.3) is 11.5 Å². The largest absolute Gasteiger partial charge is 0.419 e. The number of aromatic nitrogens is 2. The molecule has 0 spiro atoms. The van der Waals surface area contributed by atoms with Gasteiger partial charge in [0.15, 0.2) is 0 Å². The van der Waals surface area contributed by atoms with Crippen molar-refractivity contribution in [1.82, 2.24) is 10.2 Å². The minimum absolute atomic E-state index is 0.139. The van der Waals surface area contributed by atoms with Gasteiger partial charge in [0.2, 0.25) is 11.8 Å². The van der Waals surface area contributed by atoms with Crippen LogP contribution in [0.3, 0.4) is 0 Å². The number of alkyl halides is 3. The van der Waals surface area contributed by atoms with E-state index in [2.05, 4.69) is 15.5 Å². The fourth-order valence-electron chi connectivity index (χ4n) is 2.23. The molecular weight excluding hydrogens is 319 g/mol. The van der Waals surface area contributed by atoms with E-state index in [0.717, 1.165) is 23.3 Å². The van der Waals surface area contributed by atoms with Crippen molar-refractivity contribution in [2.75, 3.05) is 5.32 Å². The summed E-state index contributed by atoms with van der Waals surface area (Å²) in [6.07, 6.45) is -4.37. The number of hydrogen-bond donors (Lipinski definition) is 1. The molecule has 0 saturated carbocycles. The molecule has 2 aromatic carbocycles. The fourth-order valence-corrected chi connectivity index (χ4v) is 2.23. The molecule has 0 aliphatic carbocycles. The molecule has 1 N–H and O–H groups in total. The number of nitrogens with one attached hydrogen (secondary N) is 1. The molecule has 124 valence electrons. The van der Waals surface area contributed by atoms with E-state index in [1.54, 1.807) is 6.07 Å². The number of anilines is 1. The zero-order valence-electron chi connectivity index (χ0n) is 12.8. The Morgan fingerprint density at radius 2 is 1.83 bits per heavy atom. The van der Waals surface area contributed by atoms with Gasteiger partial charge in [-0.05, 0) is 36.8 Å². The molecule has 3 rings (SSSR count). The summed E-state index contributed by atoms with van der Waals surface area (Å²) in [5.41, 5.74) is 1.45. The lowest BCUT2D eigenvalue weighted by atomic mass is 10.1. The highest BCUT2D eigenvalue weighted by molar-refractivity contribution is 5.57. The molecule has 1 heterocycles. The summed E-state index contributed by atoms with van der Waals surface area (Å²) >= 11 is 0. The lowest BCUT2D eigenvalue weighted by Gasteiger charge is -2.09. The molecule has 0 atom stereocenters. The van der Waals surface area contributed by atoms with Crippen molar-refractivity contribution in [3.8, 4) is 11.5 Å². The van der Waals surface area contributed by atoms with E-state index in [-0.39, 0.29) is 6.54 Å². The van der Waals surface area contributed by atoms with Crippen molar-refractivity contribution in [3.63, 3.8) is 0 Å². The summed E-state index contributed by atoms with van der Waals surface area (Å²) in [5.74, 6) is 0.680. The first-order valence-corrected chi connectivity index (χ1v) is 7.23. The Labute approximate surface area is 136 Å². The molecule has 0 saturated heterocycles. The highest BCUT2D eigenvalue weighted by atomic mass is 19.4. The topological polar surface area (TPSA) is 51.0 Å². The number of hydrogen-bond acceptors (Lipinski definition) is 4. The van der Waals surface area contributed by atoms with Gasteiger partial charge in [-0.2, -0.15) is 13.2 Å². The van der Waals surface area contributed by atoms with Gasteiger partial charge in [-0.25, -0.2) is 0 Å². The molecule has 0 bridgehead atoms. The summed E-state index contributed by atoms with van der Waals surface area (Å²) in [6.45, 7) is 2.07. The Morgan fingerprint density at radius 1 is 1.04 bits per heavy atom. The van der Waals surface area contributed by atoms with E-state index >= 15 is 0 Å². The van der Waals surface area contributed by atoms with E-state index in [1.165, 1.54) is 6.07 Å². The molecule has 7 heteroatoms. The van der Waals surface area contributed by atoms with Gasteiger partial charge in [-0.15, -0.1) is 10.2 Å². The molecule has 0 aliphatic heterocycles. The van der Waals surface area contributed by atoms with Crippen LogP contribution in [-0.2, 0) is 12.7 Å². The summed E-state index contributed by atoms with van der Waals surface area (Å²) in [7, 11) is 0. The van der Waals surface area contributed by atoms with Gasteiger partial charge in [-0.1, -0.05) is 24.3 Å². The minimum Gasteiger partial charge on any atom is -0.419 e. The van der Waals surface area contributed by atoms with E-state index in [0.29, 0.717) is 17.5 Å². The monoisotopic (exact) mass is 333 g/mol. The standard InChI is InChI=1S/C17H14F3N3O/c1-11-5-2-3-8-14(11)16-23-22-15(24-16)10-21-13-7-4-6-12(9-13)17(18,19)20/h2-9,21H,10H2,1H3. The van der Waals surface area contributed by atoms with Gasteiger partial charge in [0.25, 0.3) is 0 Å². The Kier molecular flexibility index (Phi) is 4.24. The van der Waals surface area contributed by atoms with Crippen LogP contribution < -0.4 is 5.32 Å². The molecule has 24 heavy (non-hydrogen) atoms. The van der Waals surface area contributed by atoms with Gasteiger partial charge in [-0.3, -0.25) is 0 Å².